The maximum Gasteiger partial charge on any atom is 0.186 e. The van der Waals surface area contributed by atoms with Crippen LogP contribution in [0.5, 0.6) is 5.75 Å². The SMILES string of the molecule is CNC(=S)N/N=C\c1cccc(OCCSc2ccc(Cl)cc2)c1. The van der Waals surface area contributed by atoms with Crippen LogP contribution in [-0.4, -0.2) is 30.7 Å². The Balaban J connectivity index is 1.77. The summed E-state index contributed by atoms with van der Waals surface area (Å²) in [5.41, 5.74) is 3.65. The van der Waals surface area contributed by atoms with Gasteiger partial charge >= 0.3 is 0 Å². The van der Waals surface area contributed by atoms with Gasteiger partial charge < -0.3 is 10.1 Å². The second-order valence-electron chi connectivity index (χ2n) is 4.67. The molecule has 0 radical (unpaired) electrons. The third-order valence-electron chi connectivity index (χ3n) is 2.90. The summed E-state index contributed by atoms with van der Waals surface area (Å²) in [5.74, 6) is 1.67. The Hall–Kier alpha value is -1.76. The van der Waals surface area contributed by atoms with Crippen molar-refractivity contribution >= 4 is 46.9 Å². The minimum Gasteiger partial charge on any atom is -0.493 e. The minimum absolute atomic E-state index is 0.470. The Labute approximate surface area is 156 Å². The molecule has 2 aromatic rings. The van der Waals surface area contributed by atoms with Gasteiger partial charge in [0, 0.05) is 22.7 Å². The van der Waals surface area contributed by atoms with Crippen LogP contribution in [0.2, 0.25) is 5.02 Å². The van der Waals surface area contributed by atoms with E-state index in [1.54, 1.807) is 25.0 Å². The first kappa shape index (κ1) is 18.6. The average molecular weight is 380 g/mol. The number of nitrogens with zero attached hydrogens (tertiary/aromatic N) is 1. The lowest BCUT2D eigenvalue weighted by atomic mass is 10.2. The van der Waals surface area contributed by atoms with Crippen LogP contribution in [0.1, 0.15) is 5.56 Å². The summed E-state index contributed by atoms with van der Waals surface area (Å²) >= 11 is 12.5. The van der Waals surface area contributed by atoms with E-state index in [1.807, 2.05) is 48.5 Å². The van der Waals surface area contributed by atoms with E-state index in [-0.39, 0.29) is 0 Å². The molecule has 0 amide bonds. The molecule has 126 valence electrons. The van der Waals surface area contributed by atoms with Crippen molar-refractivity contribution in [1.29, 1.82) is 0 Å². The van der Waals surface area contributed by atoms with Gasteiger partial charge in [-0.05, 0) is 54.2 Å². The first-order valence-electron chi connectivity index (χ1n) is 7.29. The molecule has 2 rings (SSSR count). The lowest BCUT2D eigenvalue weighted by Gasteiger charge is -2.07. The second kappa shape index (κ2) is 10.2. The summed E-state index contributed by atoms with van der Waals surface area (Å²) in [6.45, 7) is 0.621. The Morgan fingerprint density at radius 1 is 1.29 bits per heavy atom. The quantitative estimate of drug-likeness (QED) is 0.251. The van der Waals surface area contributed by atoms with Gasteiger partial charge in [0.1, 0.15) is 5.75 Å². The molecule has 2 N–H and O–H groups in total. The highest BCUT2D eigenvalue weighted by Crippen LogP contribution is 2.20. The van der Waals surface area contributed by atoms with Gasteiger partial charge in [-0.1, -0.05) is 23.7 Å². The van der Waals surface area contributed by atoms with Crippen molar-refractivity contribution in [3.63, 3.8) is 0 Å². The number of nitrogens with one attached hydrogen (secondary N) is 2. The fourth-order valence-electron chi connectivity index (χ4n) is 1.76. The minimum atomic E-state index is 0.470. The summed E-state index contributed by atoms with van der Waals surface area (Å²) in [4.78, 5) is 1.18. The van der Waals surface area contributed by atoms with Crippen molar-refractivity contribution in [2.75, 3.05) is 19.4 Å². The Morgan fingerprint density at radius 2 is 2.08 bits per heavy atom. The van der Waals surface area contributed by atoms with Gasteiger partial charge in [0.25, 0.3) is 0 Å². The van der Waals surface area contributed by atoms with Gasteiger partial charge in [-0.25, -0.2) is 0 Å². The van der Waals surface area contributed by atoms with E-state index in [2.05, 4.69) is 15.8 Å². The van der Waals surface area contributed by atoms with Crippen LogP contribution >= 0.6 is 35.6 Å². The fourth-order valence-corrected chi connectivity index (χ4v) is 2.67. The molecule has 0 aliphatic heterocycles. The van der Waals surface area contributed by atoms with Crippen LogP contribution < -0.4 is 15.5 Å². The highest BCUT2D eigenvalue weighted by atomic mass is 35.5. The zero-order chi connectivity index (χ0) is 17.2. The first-order chi connectivity index (χ1) is 11.7. The number of hydrogen-bond donors (Lipinski definition) is 2. The zero-order valence-electron chi connectivity index (χ0n) is 13.2. The van der Waals surface area contributed by atoms with Crippen LogP contribution in [0.4, 0.5) is 0 Å². The van der Waals surface area contributed by atoms with E-state index in [0.717, 1.165) is 22.1 Å². The number of hydrazone groups is 1. The van der Waals surface area contributed by atoms with Gasteiger partial charge in [-0.3, -0.25) is 5.43 Å². The zero-order valence-corrected chi connectivity index (χ0v) is 15.5. The number of ether oxygens (including phenoxy) is 1. The summed E-state index contributed by atoms with van der Waals surface area (Å²) < 4.78 is 5.77. The summed E-state index contributed by atoms with van der Waals surface area (Å²) in [6, 6.07) is 15.5. The maximum atomic E-state index is 5.87. The molecule has 0 spiro atoms. The molecular formula is C17H18ClN3OS2. The number of hydrogen-bond acceptors (Lipinski definition) is 4. The van der Waals surface area contributed by atoms with Crippen molar-refractivity contribution < 1.29 is 4.74 Å². The van der Waals surface area contributed by atoms with Crippen molar-refractivity contribution in [3.8, 4) is 5.75 Å². The van der Waals surface area contributed by atoms with E-state index < -0.39 is 0 Å². The van der Waals surface area contributed by atoms with Crippen molar-refractivity contribution in [3.05, 3.63) is 59.1 Å². The third kappa shape index (κ3) is 6.78. The highest BCUT2D eigenvalue weighted by Gasteiger charge is 1.98. The van der Waals surface area contributed by atoms with Crippen LogP contribution in [0.25, 0.3) is 0 Å². The van der Waals surface area contributed by atoms with E-state index in [0.29, 0.717) is 11.7 Å². The van der Waals surface area contributed by atoms with Gasteiger partial charge in [0.15, 0.2) is 5.11 Å². The predicted molar refractivity (Wildman–Crippen MR) is 107 cm³/mol. The lowest BCUT2D eigenvalue weighted by Crippen LogP contribution is -2.28. The molecular weight excluding hydrogens is 362 g/mol. The summed E-state index contributed by atoms with van der Waals surface area (Å²) in [6.07, 6.45) is 1.69. The van der Waals surface area contributed by atoms with Gasteiger partial charge in [-0.2, -0.15) is 5.10 Å². The lowest BCUT2D eigenvalue weighted by molar-refractivity contribution is 0.344. The van der Waals surface area contributed by atoms with Crippen LogP contribution in [-0.2, 0) is 0 Å². The number of halogens is 1. The Kier molecular flexibility index (Phi) is 7.88. The molecule has 0 bridgehead atoms. The number of thiocarbonyl (C=S) groups is 1. The van der Waals surface area contributed by atoms with E-state index in [4.69, 9.17) is 28.6 Å². The van der Waals surface area contributed by atoms with Crippen LogP contribution in [0, 0.1) is 0 Å². The summed E-state index contributed by atoms with van der Waals surface area (Å²) in [5, 5.41) is 8.05. The monoisotopic (exact) mass is 379 g/mol. The number of benzene rings is 2. The van der Waals surface area contributed by atoms with E-state index in [1.165, 1.54) is 4.90 Å². The molecule has 0 aliphatic carbocycles. The smallest absolute Gasteiger partial charge is 0.186 e. The third-order valence-corrected chi connectivity index (χ3v) is 4.42. The average Bonchev–Trinajstić information content (AvgIpc) is 2.60. The number of rotatable bonds is 7. The predicted octanol–water partition coefficient (Wildman–Crippen LogP) is 3.94. The number of thioether (sulfide) groups is 1. The van der Waals surface area contributed by atoms with Crippen molar-refractivity contribution in [2.24, 2.45) is 5.10 Å². The van der Waals surface area contributed by atoms with E-state index >= 15 is 0 Å². The summed E-state index contributed by atoms with van der Waals surface area (Å²) in [7, 11) is 1.74. The van der Waals surface area contributed by atoms with E-state index in [9.17, 15) is 0 Å². The van der Waals surface area contributed by atoms with Gasteiger partial charge in [0.05, 0.1) is 12.8 Å². The molecule has 7 heteroatoms. The molecule has 0 aromatic heterocycles. The Bertz CT molecular complexity index is 692. The molecule has 0 unspecified atom stereocenters. The topological polar surface area (TPSA) is 45.7 Å². The molecule has 0 atom stereocenters. The fraction of sp³-hybridized carbons (Fsp3) is 0.176. The largest absolute Gasteiger partial charge is 0.493 e. The van der Waals surface area contributed by atoms with Gasteiger partial charge in [-0.15, -0.1) is 11.8 Å². The normalized spacial score (nSPS) is 10.6. The van der Waals surface area contributed by atoms with Crippen LogP contribution in [0.15, 0.2) is 58.5 Å². The van der Waals surface area contributed by atoms with Gasteiger partial charge in [0.2, 0.25) is 0 Å². The molecule has 0 saturated carbocycles. The Morgan fingerprint density at radius 3 is 2.83 bits per heavy atom. The van der Waals surface area contributed by atoms with Crippen molar-refractivity contribution in [2.45, 2.75) is 4.90 Å². The van der Waals surface area contributed by atoms with Crippen molar-refractivity contribution in [1.82, 2.24) is 10.7 Å². The van der Waals surface area contributed by atoms with Crippen LogP contribution in [0.3, 0.4) is 0 Å². The molecule has 0 fully saturated rings. The maximum absolute atomic E-state index is 5.87. The molecule has 24 heavy (non-hydrogen) atoms. The highest BCUT2D eigenvalue weighted by molar-refractivity contribution is 7.99. The first-order valence-corrected chi connectivity index (χ1v) is 9.06. The molecule has 0 heterocycles. The second-order valence-corrected chi connectivity index (χ2v) is 6.69. The standard InChI is InChI=1S/C17H18ClN3OS2/c1-19-17(23)21-20-12-13-3-2-4-15(11-13)22-9-10-24-16-7-5-14(18)6-8-16/h2-8,11-12H,9-10H2,1H3,(H2,19,21,23)/b20-12-. The molecule has 0 saturated heterocycles. The molecule has 2 aromatic carbocycles. The molecule has 0 aliphatic rings. The molecule has 4 nitrogen and oxygen atoms in total.